The maximum Gasteiger partial charge on any atom is 0.181 e. The third kappa shape index (κ3) is 5.09. The van der Waals surface area contributed by atoms with E-state index in [1.54, 1.807) is 13.2 Å². The molecular formula is C23H30Cl2N4O2. The molecule has 0 saturated carbocycles. The third-order valence-electron chi connectivity index (χ3n) is 5.10. The molecule has 0 unspecified atom stereocenters. The summed E-state index contributed by atoms with van der Waals surface area (Å²) in [7, 11) is 1.70. The molecule has 2 N–H and O–H groups in total. The lowest BCUT2D eigenvalue weighted by Gasteiger charge is -2.23. The van der Waals surface area contributed by atoms with E-state index in [4.69, 9.17) is 43.4 Å². The predicted molar refractivity (Wildman–Crippen MR) is 129 cm³/mol. The fraction of sp³-hybridized carbons (Fsp3) is 0.435. The molecule has 168 valence electrons. The first kappa shape index (κ1) is 23.7. The Balaban J connectivity index is 2.27. The zero-order chi connectivity index (χ0) is 22.5. The lowest BCUT2D eigenvalue weighted by Crippen LogP contribution is -2.28. The van der Waals surface area contributed by atoms with Gasteiger partial charge in [0.15, 0.2) is 11.4 Å². The van der Waals surface area contributed by atoms with E-state index in [1.165, 1.54) is 0 Å². The molecule has 0 bridgehead atoms. The molecule has 0 aliphatic carbocycles. The molecule has 2 heterocycles. The van der Waals surface area contributed by atoms with Gasteiger partial charge in [-0.2, -0.15) is 0 Å². The van der Waals surface area contributed by atoms with Crippen molar-refractivity contribution in [2.45, 2.75) is 27.3 Å². The van der Waals surface area contributed by atoms with Crippen molar-refractivity contribution >= 4 is 34.7 Å². The van der Waals surface area contributed by atoms with Gasteiger partial charge < -0.3 is 20.1 Å². The zero-order valence-corrected chi connectivity index (χ0v) is 20.0. The van der Waals surface area contributed by atoms with Crippen LogP contribution in [-0.4, -0.2) is 42.8 Å². The highest BCUT2D eigenvalue weighted by molar-refractivity contribution is 6.36. The summed E-state index contributed by atoms with van der Waals surface area (Å²) < 4.78 is 13.6. The maximum absolute atomic E-state index is 6.58. The number of fused-ring (bicyclic) bond motifs is 1. The van der Waals surface area contributed by atoms with Gasteiger partial charge >= 0.3 is 0 Å². The van der Waals surface area contributed by atoms with Crippen LogP contribution in [0.15, 0.2) is 30.6 Å². The fourth-order valence-electron chi connectivity index (χ4n) is 3.53. The molecule has 8 heteroatoms. The monoisotopic (exact) mass is 464 g/mol. The van der Waals surface area contributed by atoms with E-state index < -0.39 is 0 Å². The van der Waals surface area contributed by atoms with Gasteiger partial charge in [0.05, 0.1) is 19.4 Å². The standard InChI is InChI=1S/C23H30Cl2N4O2/c1-5-28(8-9-30-4)21-12-27-23-22(31-14-15(2)3)18(11-26)19(13-29(21)23)17-7-6-16(24)10-20(17)25/h6-7,10,12-13,15H,5,8-9,11,14,26H2,1-4H3. The highest BCUT2D eigenvalue weighted by Gasteiger charge is 2.22. The van der Waals surface area contributed by atoms with E-state index in [-0.39, 0.29) is 0 Å². The van der Waals surface area contributed by atoms with Crippen LogP contribution in [0, 0.1) is 5.92 Å². The highest BCUT2D eigenvalue weighted by atomic mass is 35.5. The zero-order valence-electron chi connectivity index (χ0n) is 18.5. The predicted octanol–water partition coefficient (Wildman–Crippen LogP) is 5.27. The molecule has 0 aliphatic rings. The van der Waals surface area contributed by atoms with E-state index in [9.17, 15) is 0 Å². The van der Waals surface area contributed by atoms with E-state index in [1.807, 2.05) is 28.9 Å². The van der Waals surface area contributed by atoms with Gasteiger partial charge in [-0.15, -0.1) is 0 Å². The summed E-state index contributed by atoms with van der Waals surface area (Å²) in [5.74, 6) is 2.00. The van der Waals surface area contributed by atoms with Crippen molar-refractivity contribution in [1.29, 1.82) is 0 Å². The summed E-state index contributed by atoms with van der Waals surface area (Å²) in [6.07, 6.45) is 3.90. The second-order valence-electron chi connectivity index (χ2n) is 7.77. The number of imidazole rings is 1. The lowest BCUT2D eigenvalue weighted by molar-refractivity contribution is 0.205. The SMILES string of the molecule is CCN(CCOC)c1cnc2c(OCC(C)C)c(CN)c(-c3ccc(Cl)cc3Cl)cn12. The lowest BCUT2D eigenvalue weighted by atomic mass is 10.0. The number of nitrogens with two attached hydrogens (primary N) is 1. The third-order valence-corrected chi connectivity index (χ3v) is 5.64. The molecule has 3 aromatic rings. The summed E-state index contributed by atoms with van der Waals surface area (Å²) in [5, 5.41) is 1.14. The van der Waals surface area contributed by atoms with E-state index in [0.29, 0.717) is 41.5 Å². The Morgan fingerprint density at radius 3 is 2.61 bits per heavy atom. The van der Waals surface area contributed by atoms with Crippen LogP contribution in [0.1, 0.15) is 26.3 Å². The minimum atomic E-state index is 0.293. The van der Waals surface area contributed by atoms with Gasteiger partial charge in [-0.25, -0.2) is 4.98 Å². The Morgan fingerprint density at radius 2 is 2.00 bits per heavy atom. The molecule has 1 aromatic carbocycles. The molecule has 6 nitrogen and oxygen atoms in total. The smallest absolute Gasteiger partial charge is 0.181 e. The molecule has 0 spiro atoms. The number of hydrogen-bond acceptors (Lipinski definition) is 5. The molecule has 31 heavy (non-hydrogen) atoms. The minimum absolute atomic E-state index is 0.293. The maximum atomic E-state index is 6.58. The number of aromatic nitrogens is 2. The van der Waals surface area contributed by atoms with Crippen LogP contribution in [0.3, 0.4) is 0 Å². The molecule has 0 atom stereocenters. The average Bonchev–Trinajstić information content (AvgIpc) is 3.15. The second-order valence-corrected chi connectivity index (χ2v) is 8.61. The number of halogens is 2. The number of methoxy groups -OCH3 is 1. The van der Waals surface area contributed by atoms with Crippen LogP contribution in [-0.2, 0) is 11.3 Å². The van der Waals surface area contributed by atoms with Gasteiger partial charge in [0.25, 0.3) is 0 Å². The van der Waals surface area contributed by atoms with E-state index >= 15 is 0 Å². The van der Waals surface area contributed by atoms with Crippen LogP contribution in [0.25, 0.3) is 16.8 Å². The van der Waals surface area contributed by atoms with Gasteiger partial charge in [0.2, 0.25) is 0 Å². The van der Waals surface area contributed by atoms with Gasteiger partial charge in [-0.05, 0) is 25.0 Å². The molecule has 2 aromatic heterocycles. The van der Waals surface area contributed by atoms with Gasteiger partial charge in [-0.1, -0.05) is 43.1 Å². The number of anilines is 1. The summed E-state index contributed by atoms with van der Waals surface area (Å²) >= 11 is 12.7. The Kier molecular flexibility index (Phi) is 8.06. The fourth-order valence-corrected chi connectivity index (χ4v) is 4.04. The Labute approximate surface area is 193 Å². The molecule has 0 saturated heterocycles. The van der Waals surface area contributed by atoms with Gasteiger partial charge in [0.1, 0.15) is 5.82 Å². The van der Waals surface area contributed by atoms with Crippen LogP contribution in [0.2, 0.25) is 10.0 Å². The topological polar surface area (TPSA) is 65.0 Å². The molecule has 0 fully saturated rings. The first-order valence-corrected chi connectivity index (χ1v) is 11.2. The summed E-state index contributed by atoms with van der Waals surface area (Å²) in [5.41, 5.74) is 9.57. The number of pyridine rings is 1. The first-order chi connectivity index (χ1) is 14.9. The van der Waals surface area contributed by atoms with Crippen LogP contribution in [0.4, 0.5) is 5.82 Å². The molecule has 0 amide bonds. The van der Waals surface area contributed by atoms with Crippen molar-refractivity contribution in [2.24, 2.45) is 11.7 Å². The van der Waals surface area contributed by atoms with Gasteiger partial charge in [0, 0.05) is 59.7 Å². The van der Waals surface area contributed by atoms with Crippen molar-refractivity contribution in [3.63, 3.8) is 0 Å². The number of hydrogen-bond donors (Lipinski definition) is 1. The van der Waals surface area contributed by atoms with Crippen LogP contribution < -0.4 is 15.4 Å². The van der Waals surface area contributed by atoms with Crippen molar-refractivity contribution in [3.8, 4) is 16.9 Å². The Bertz CT molecular complexity index is 1040. The highest BCUT2D eigenvalue weighted by Crippen LogP contribution is 2.39. The summed E-state index contributed by atoms with van der Waals surface area (Å²) in [4.78, 5) is 6.91. The van der Waals surface area contributed by atoms with E-state index in [2.05, 4.69) is 25.7 Å². The second kappa shape index (κ2) is 10.6. The molecule has 0 aliphatic heterocycles. The van der Waals surface area contributed by atoms with Crippen LogP contribution in [0.5, 0.6) is 5.75 Å². The number of ether oxygens (including phenoxy) is 2. The molecule has 3 rings (SSSR count). The minimum Gasteiger partial charge on any atom is -0.489 e. The number of rotatable bonds is 10. The average molecular weight is 465 g/mol. The van der Waals surface area contributed by atoms with Crippen LogP contribution >= 0.6 is 23.2 Å². The van der Waals surface area contributed by atoms with Crippen molar-refractivity contribution < 1.29 is 9.47 Å². The molecular weight excluding hydrogens is 435 g/mol. The van der Waals surface area contributed by atoms with Crippen molar-refractivity contribution in [3.05, 3.63) is 46.2 Å². The molecule has 0 radical (unpaired) electrons. The van der Waals surface area contributed by atoms with E-state index in [0.717, 1.165) is 41.2 Å². The van der Waals surface area contributed by atoms with Gasteiger partial charge in [-0.3, -0.25) is 4.40 Å². The number of benzene rings is 1. The number of likely N-dealkylation sites (N-methyl/N-ethyl adjacent to an activating group) is 1. The first-order valence-electron chi connectivity index (χ1n) is 10.5. The van der Waals surface area contributed by atoms with Crippen molar-refractivity contribution in [1.82, 2.24) is 9.38 Å². The quantitative estimate of drug-likeness (QED) is 0.442. The number of nitrogens with zero attached hydrogens (tertiary/aromatic N) is 3. The van der Waals surface area contributed by atoms with Crippen molar-refractivity contribution in [2.75, 3.05) is 38.3 Å². The summed E-state index contributed by atoms with van der Waals surface area (Å²) in [6, 6.07) is 5.48. The Hall–Kier alpha value is -1.99. The Morgan fingerprint density at radius 1 is 1.23 bits per heavy atom. The normalized spacial score (nSPS) is 11.5. The summed E-state index contributed by atoms with van der Waals surface area (Å²) in [6.45, 7) is 9.36. The largest absolute Gasteiger partial charge is 0.489 e.